The summed E-state index contributed by atoms with van der Waals surface area (Å²) in [5.74, 6) is 0. The number of hydrogen-bond acceptors (Lipinski definition) is 4. The highest BCUT2D eigenvalue weighted by Gasteiger charge is 2.03. The van der Waals surface area contributed by atoms with Crippen LogP contribution in [0.4, 0.5) is 0 Å². The Labute approximate surface area is 115 Å². The van der Waals surface area contributed by atoms with Crippen molar-refractivity contribution >= 4 is 10.3 Å². The summed E-state index contributed by atoms with van der Waals surface area (Å²) in [5.41, 5.74) is 12.7. The van der Waals surface area contributed by atoms with Crippen LogP contribution >= 0.6 is 0 Å². The van der Waals surface area contributed by atoms with E-state index in [0.717, 1.165) is 11.1 Å². The first-order valence-electron chi connectivity index (χ1n) is 6.12. The number of rotatable bonds is 5. The molecule has 0 aliphatic carbocycles. The van der Waals surface area contributed by atoms with Gasteiger partial charge in [-0.25, -0.2) is 0 Å². The summed E-state index contributed by atoms with van der Waals surface area (Å²) in [5, 5.41) is 0. The second-order valence-electron chi connectivity index (χ2n) is 4.09. The molecular weight excluding hydrogens is 266 g/mol. The van der Waals surface area contributed by atoms with Crippen molar-refractivity contribution in [1.29, 1.82) is 0 Å². The molecule has 0 atom stereocenters. The van der Waals surface area contributed by atoms with Gasteiger partial charge in [0.05, 0.1) is 6.17 Å². The molecule has 0 bridgehead atoms. The fraction of sp³-hybridized carbons (Fsp3) is 0.500. The molecule has 19 heavy (non-hydrogen) atoms. The Balaban J connectivity index is 0.000000982. The van der Waals surface area contributed by atoms with E-state index in [1.807, 2.05) is 16.9 Å². The zero-order valence-electron chi connectivity index (χ0n) is 11.3. The van der Waals surface area contributed by atoms with E-state index in [9.17, 15) is 8.42 Å². The second-order valence-corrected chi connectivity index (χ2v) is 5.33. The van der Waals surface area contributed by atoms with E-state index in [2.05, 4.69) is 13.8 Å². The predicted molar refractivity (Wildman–Crippen MR) is 76.8 cm³/mol. The summed E-state index contributed by atoms with van der Waals surface area (Å²) < 4.78 is 31.2. The molecule has 6 N–H and O–H groups in total. The summed E-state index contributed by atoms with van der Waals surface area (Å²) >= 11 is 0. The van der Waals surface area contributed by atoms with Gasteiger partial charge in [0.25, 0.3) is 0 Å². The van der Waals surface area contributed by atoms with Gasteiger partial charge >= 0.3 is 10.3 Å². The molecule has 1 aromatic carbocycles. The third-order valence-electron chi connectivity index (χ3n) is 2.06. The Morgan fingerprint density at radius 1 is 1.21 bits per heavy atom. The Morgan fingerprint density at radius 2 is 1.68 bits per heavy atom. The maximum Gasteiger partial charge on any atom is 0.333 e. The highest BCUT2D eigenvalue weighted by molar-refractivity contribution is 7.83. The van der Waals surface area contributed by atoms with Crippen LogP contribution < -0.4 is 16.2 Å². The molecule has 0 saturated heterocycles. The average molecular weight is 289 g/mol. The van der Waals surface area contributed by atoms with E-state index in [1.54, 1.807) is 12.1 Å². The van der Waals surface area contributed by atoms with Gasteiger partial charge in [0.2, 0.25) is 0 Å². The van der Waals surface area contributed by atoms with Gasteiger partial charge in [0.15, 0.2) is 0 Å². The van der Waals surface area contributed by atoms with E-state index in [4.69, 9.17) is 16.0 Å². The molecule has 0 saturated carbocycles. The maximum absolute atomic E-state index is 10.4. The summed E-state index contributed by atoms with van der Waals surface area (Å²) in [6, 6.07) is 7.20. The van der Waals surface area contributed by atoms with E-state index in [0.29, 0.717) is 6.42 Å². The molecule has 0 amide bonds. The minimum Gasteiger partial charge on any atom is -0.312 e. The van der Waals surface area contributed by atoms with Crippen molar-refractivity contribution in [2.75, 3.05) is 6.54 Å². The predicted octanol–water partition coefficient (Wildman–Crippen LogP) is 0.954. The van der Waals surface area contributed by atoms with Crippen LogP contribution in [0.2, 0.25) is 0 Å². The number of hydrogen-bond donors (Lipinski definition) is 4. The minimum atomic E-state index is -4.11. The van der Waals surface area contributed by atoms with Gasteiger partial charge in [-0.15, -0.1) is 0 Å². The molecule has 0 unspecified atom stereocenters. The Morgan fingerprint density at radius 3 is 2.05 bits per heavy atom. The van der Waals surface area contributed by atoms with E-state index in [-0.39, 0.29) is 6.54 Å². The Bertz CT molecular complexity index is 444. The second kappa shape index (κ2) is 9.00. The van der Waals surface area contributed by atoms with Crippen molar-refractivity contribution in [1.82, 2.24) is 4.72 Å². The van der Waals surface area contributed by atoms with E-state index < -0.39 is 16.5 Å². The molecule has 0 aliphatic heterocycles. The van der Waals surface area contributed by atoms with Crippen molar-refractivity contribution in [3.05, 3.63) is 35.4 Å². The number of nitrogens with two attached hydrogens (primary N) is 2. The Hall–Kier alpha value is -0.990. The van der Waals surface area contributed by atoms with Gasteiger partial charge in [-0.3, -0.25) is 4.55 Å². The van der Waals surface area contributed by atoms with Crippen LogP contribution in [0.3, 0.4) is 0 Å². The van der Waals surface area contributed by atoms with Gasteiger partial charge in [-0.2, -0.15) is 13.1 Å². The fourth-order valence-electron chi connectivity index (χ4n) is 1.23. The summed E-state index contributed by atoms with van der Waals surface area (Å²) in [6.07, 6.45) is 1.23. The van der Waals surface area contributed by atoms with Crippen molar-refractivity contribution in [3.8, 4) is 0 Å². The molecule has 0 fully saturated rings. The van der Waals surface area contributed by atoms with Crippen LogP contribution in [0.1, 0.15) is 37.6 Å². The Kier molecular flexibility index (Phi) is 8.53. The van der Waals surface area contributed by atoms with Crippen LogP contribution in [0.25, 0.3) is 0 Å². The van der Waals surface area contributed by atoms with E-state index in [1.165, 1.54) is 6.42 Å². The zero-order chi connectivity index (χ0) is 14.9. The lowest BCUT2D eigenvalue weighted by atomic mass is 10.1. The molecule has 0 spiro atoms. The van der Waals surface area contributed by atoms with Crippen LogP contribution in [-0.4, -0.2) is 19.5 Å². The highest BCUT2D eigenvalue weighted by Crippen LogP contribution is 2.08. The molecule has 1 aromatic rings. The monoisotopic (exact) mass is 289 g/mol. The van der Waals surface area contributed by atoms with Crippen LogP contribution in [0.5, 0.6) is 0 Å². The summed E-state index contributed by atoms with van der Waals surface area (Å²) in [4.78, 5) is 0. The SMILES string of the molecule is CCC.NC(N)c1ccc(CCNS(=O)(=O)O)cc1. The summed E-state index contributed by atoms with van der Waals surface area (Å²) in [7, 11) is -4.11. The van der Waals surface area contributed by atoms with E-state index >= 15 is 0 Å². The molecule has 7 heteroatoms. The summed E-state index contributed by atoms with van der Waals surface area (Å²) in [6.45, 7) is 4.40. The van der Waals surface area contributed by atoms with Crippen LogP contribution in [-0.2, 0) is 16.7 Å². The molecule has 0 heterocycles. The van der Waals surface area contributed by atoms with Gasteiger partial charge in [-0.05, 0) is 17.5 Å². The fourth-order valence-corrected chi connectivity index (χ4v) is 1.59. The molecule has 0 radical (unpaired) electrons. The first-order valence-corrected chi connectivity index (χ1v) is 7.56. The van der Waals surface area contributed by atoms with Gasteiger partial charge in [0, 0.05) is 6.54 Å². The van der Waals surface area contributed by atoms with Crippen molar-refractivity contribution in [2.45, 2.75) is 32.9 Å². The van der Waals surface area contributed by atoms with Gasteiger partial charge in [-0.1, -0.05) is 44.5 Å². The molecule has 0 aliphatic rings. The third-order valence-corrected chi connectivity index (χ3v) is 2.63. The van der Waals surface area contributed by atoms with Gasteiger partial charge < -0.3 is 11.5 Å². The zero-order valence-corrected chi connectivity index (χ0v) is 12.2. The molecular formula is C12H23N3O3S. The molecule has 6 nitrogen and oxygen atoms in total. The van der Waals surface area contributed by atoms with Crippen molar-refractivity contribution in [2.24, 2.45) is 11.5 Å². The molecule has 110 valence electrons. The van der Waals surface area contributed by atoms with Crippen LogP contribution in [0, 0.1) is 0 Å². The lowest BCUT2D eigenvalue weighted by Crippen LogP contribution is -2.24. The van der Waals surface area contributed by atoms with Crippen molar-refractivity contribution in [3.63, 3.8) is 0 Å². The number of nitrogens with one attached hydrogen (secondary N) is 1. The molecule has 1 rings (SSSR count). The first-order chi connectivity index (χ1) is 8.80. The lowest BCUT2D eigenvalue weighted by Gasteiger charge is -2.07. The standard InChI is InChI=1S/C9H15N3O3S.C3H8/c10-9(11)8-3-1-7(2-4-8)5-6-12-16(13,14)15;1-3-2/h1-4,9,12H,5-6,10-11H2,(H,13,14,15);3H2,1-2H3. The number of benzene rings is 1. The lowest BCUT2D eigenvalue weighted by molar-refractivity contribution is 0.468. The van der Waals surface area contributed by atoms with Gasteiger partial charge in [0.1, 0.15) is 0 Å². The highest BCUT2D eigenvalue weighted by atomic mass is 32.2. The minimum absolute atomic E-state index is 0.146. The maximum atomic E-state index is 10.4. The third kappa shape index (κ3) is 9.57. The smallest absolute Gasteiger partial charge is 0.312 e. The average Bonchev–Trinajstić information content (AvgIpc) is 2.29. The normalized spacial score (nSPS) is 11.1. The largest absolute Gasteiger partial charge is 0.333 e. The quantitative estimate of drug-likeness (QED) is 0.475. The topological polar surface area (TPSA) is 118 Å². The first kappa shape index (κ1) is 18.0. The van der Waals surface area contributed by atoms with Crippen LogP contribution in [0.15, 0.2) is 24.3 Å². The molecule has 0 aromatic heterocycles. The van der Waals surface area contributed by atoms with Crippen molar-refractivity contribution < 1.29 is 13.0 Å².